The second kappa shape index (κ2) is 7.48. The molecule has 10 heteroatoms. The highest BCUT2D eigenvalue weighted by Gasteiger charge is 2.23. The lowest BCUT2D eigenvalue weighted by atomic mass is 10.2. The lowest BCUT2D eigenvalue weighted by molar-refractivity contribution is 0.102. The number of carbonyl (C=O) groups is 1. The van der Waals surface area contributed by atoms with E-state index in [-0.39, 0.29) is 15.0 Å². The highest BCUT2D eigenvalue weighted by atomic mass is 35.5. The van der Waals surface area contributed by atoms with Gasteiger partial charge in [-0.1, -0.05) is 47.2 Å². The molecule has 0 aliphatic carbocycles. The number of aromatic nitrogens is 2. The number of hydrogen-bond acceptors (Lipinski definition) is 6. The minimum Gasteiger partial charge on any atom is -0.296 e. The predicted molar refractivity (Wildman–Crippen MR) is 96.6 cm³/mol. The molecule has 0 radical (unpaired) electrons. The molecule has 1 aromatic heterocycles. The molecule has 0 spiro atoms. The molecule has 26 heavy (non-hydrogen) atoms. The first-order chi connectivity index (χ1) is 12.3. The molecule has 2 aromatic carbocycles. The van der Waals surface area contributed by atoms with Gasteiger partial charge in [0.25, 0.3) is 5.91 Å². The van der Waals surface area contributed by atoms with Gasteiger partial charge in [-0.15, -0.1) is 10.2 Å². The lowest BCUT2D eigenvalue weighted by Crippen LogP contribution is -2.11. The number of amides is 1. The molecule has 3 rings (SSSR count). The van der Waals surface area contributed by atoms with Gasteiger partial charge in [0.15, 0.2) is 0 Å². The van der Waals surface area contributed by atoms with Crippen molar-refractivity contribution in [3.05, 3.63) is 70.5 Å². The maximum atomic E-state index is 13.7. The van der Waals surface area contributed by atoms with E-state index in [1.54, 1.807) is 24.3 Å². The largest absolute Gasteiger partial charge is 0.296 e. The van der Waals surface area contributed by atoms with Crippen molar-refractivity contribution in [2.24, 2.45) is 0 Å². The van der Waals surface area contributed by atoms with Crippen LogP contribution in [0.3, 0.4) is 0 Å². The fourth-order valence-corrected chi connectivity index (χ4v) is 4.58. The van der Waals surface area contributed by atoms with Crippen molar-refractivity contribution >= 4 is 43.8 Å². The first-order valence-corrected chi connectivity index (χ1v) is 10.1. The molecule has 1 heterocycles. The van der Waals surface area contributed by atoms with Gasteiger partial charge >= 0.3 is 0 Å². The summed E-state index contributed by atoms with van der Waals surface area (Å²) >= 11 is 6.52. The molecule has 3 aromatic rings. The average molecular weight is 412 g/mol. The van der Waals surface area contributed by atoms with Gasteiger partial charge in [-0.05, 0) is 24.3 Å². The van der Waals surface area contributed by atoms with Crippen molar-refractivity contribution in [1.29, 1.82) is 0 Å². The number of anilines is 1. The third-order valence-corrected chi connectivity index (χ3v) is 6.47. The predicted octanol–water partition coefficient (Wildman–Crippen LogP) is 3.56. The standard InChI is InChI=1S/C16H11ClFN3O3S2/c17-12-6-3-5-10(8-12)14(22)19-15-20-21-16(25-15)26(23,24)9-11-4-1-2-7-13(11)18/h1-8H,9H2,(H,19,20,22). The number of hydrogen-bond donors (Lipinski definition) is 1. The van der Waals surface area contributed by atoms with E-state index in [1.165, 1.54) is 24.3 Å². The maximum absolute atomic E-state index is 13.7. The van der Waals surface area contributed by atoms with Crippen molar-refractivity contribution in [3.63, 3.8) is 0 Å². The topological polar surface area (TPSA) is 89.0 Å². The van der Waals surface area contributed by atoms with Crippen LogP contribution < -0.4 is 5.32 Å². The van der Waals surface area contributed by atoms with Crippen LogP contribution in [0.2, 0.25) is 5.02 Å². The van der Waals surface area contributed by atoms with E-state index in [0.29, 0.717) is 21.9 Å². The van der Waals surface area contributed by atoms with Crippen molar-refractivity contribution in [1.82, 2.24) is 10.2 Å². The first kappa shape index (κ1) is 18.4. The smallest absolute Gasteiger partial charge is 0.257 e. The van der Waals surface area contributed by atoms with E-state index in [2.05, 4.69) is 15.5 Å². The number of sulfone groups is 1. The summed E-state index contributed by atoms with van der Waals surface area (Å²) < 4.78 is 38.1. The highest BCUT2D eigenvalue weighted by molar-refractivity contribution is 7.92. The van der Waals surface area contributed by atoms with E-state index in [0.717, 1.165) is 0 Å². The van der Waals surface area contributed by atoms with Crippen LogP contribution in [0.15, 0.2) is 52.9 Å². The summed E-state index contributed by atoms with van der Waals surface area (Å²) in [6.45, 7) is 0. The van der Waals surface area contributed by atoms with E-state index in [9.17, 15) is 17.6 Å². The normalized spacial score (nSPS) is 11.3. The molecule has 0 saturated heterocycles. The van der Waals surface area contributed by atoms with Crippen LogP contribution in [0.4, 0.5) is 9.52 Å². The Morgan fingerprint density at radius 1 is 1.15 bits per heavy atom. The minimum atomic E-state index is -3.89. The van der Waals surface area contributed by atoms with Gasteiger partial charge in [-0.2, -0.15) is 0 Å². The molecule has 0 bridgehead atoms. The van der Waals surface area contributed by atoms with Gasteiger partial charge in [0.05, 0.1) is 5.75 Å². The van der Waals surface area contributed by atoms with Crippen LogP contribution in [0.1, 0.15) is 15.9 Å². The Kier molecular flexibility index (Phi) is 5.30. The summed E-state index contributed by atoms with van der Waals surface area (Å²) in [5.74, 6) is -1.66. The minimum absolute atomic E-state index is 0.0158. The summed E-state index contributed by atoms with van der Waals surface area (Å²) in [7, 11) is -3.89. The van der Waals surface area contributed by atoms with Gasteiger partial charge in [-0.25, -0.2) is 12.8 Å². The van der Waals surface area contributed by atoms with Gasteiger partial charge in [0.1, 0.15) is 5.82 Å². The molecule has 134 valence electrons. The Balaban J connectivity index is 1.77. The number of halogens is 2. The summed E-state index contributed by atoms with van der Waals surface area (Å²) in [5.41, 5.74) is 0.329. The molecule has 0 atom stereocenters. The molecule has 0 aliphatic rings. The second-order valence-corrected chi connectivity index (χ2v) is 8.77. The van der Waals surface area contributed by atoms with Crippen molar-refractivity contribution in [2.45, 2.75) is 10.1 Å². The van der Waals surface area contributed by atoms with E-state index < -0.39 is 27.3 Å². The Morgan fingerprint density at radius 2 is 1.92 bits per heavy atom. The fraction of sp³-hybridized carbons (Fsp3) is 0.0625. The highest BCUT2D eigenvalue weighted by Crippen LogP contribution is 2.25. The monoisotopic (exact) mass is 411 g/mol. The molecule has 0 fully saturated rings. The summed E-state index contributed by atoms with van der Waals surface area (Å²) in [4.78, 5) is 12.1. The zero-order valence-corrected chi connectivity index (χ0v) is 15.4. The summed E-state index contributed by atoms with van der Waals surface area (Å²) in [5, 5.41) is 10.1. The van der Waals surface area contributed by atoms with Gasteiger partial charge in [-0.3, -0.25) is 10.1 Å². The zero-order valence-electron chi connectivity index (χ0n) is 13.0. The maximum Gasteiger partial charge on any atom is 0.257 e. The Morgan fingerprint density at radius 3 is 2.65 bits per heavy atom. The van der Waals surface area contributed by atoms with Crippen LogP contribution in [0, 0.1) is 5.82 Å². The Bertz CT molecular complexity index is 1070. The Labute approximate surface area is 157 Å². The van der Waals surface area contributed by atoms with E-state index >= 15 is 0 Å². The molecule has 6 nitrogen and oxygen atoms in total. The average Bonchev–Trinajstić information content (AvgIpc) is 3.06. The summed E-state index contributed by atoms with van der Waals surface area (Å²) in [6.07, 6.45) is 0. The van der Waals surface area contributed by atoms with Gasteiger partial charge < -0.3 is 0 Å². The third kappa shape index (κ3) is 4.24. The van der Waals surface area contributed by atoms with Crippen LogP contribution >= 0.6 is 22.9 Å². The number of nitrogens with zero attached hydrogens (tertiary/aromatic N) is 2. The second-order valence-electron chi connectivity index (χ2n) is 5.19. The number of rotatable bonds is 5. The first-order valence-electron chi connectivity index (χ1n) is 7.22. The molecule has 0 unspecified atom stereocenters. The van der Waals surface area contributed by atoms with Crippen LogP contribution in [-0.2, 0) is 15.6 Å². The van der Waals surface area contributed by atoms with Crippen LogP contribution in [-0.4, -0.2) is 24.5 Å². The van der Waals surface area contributed by atoms with E-state index in [4.69, 9.17) is 11.6 Å². The van der Waals surface area contributed by atoms with Crippen molar-refractivity contribution < 1.29 is 17.6 Å². The molecule has 1 N–H and O–H groups in total. The number of benzene rings is 2. The number of nitrogens with one attached hydrogen (secondary N) is 1. The molecule has 0 aliphatic heterocycles. The van der Waals surface area contributed by atoms with Gasteiger partial charge in [0.2, 0.25) is 19.3 Å². The quantitative estimate of drug-likeness (QED) is 0.648. The molecule has 1 amide bonds. The SMILES string of the molecule is O=C(Nc1nnc(S(=O)(=O)Cc2ccccc2F)s1)c1cccc(Cl)c1. The zero-order chi connectivity index (χ0) is 18.7. The van der Waals surface area contributed by atoms with Crippen LogP contribution in [0.5, 0.6) is 0 Å². The lowest BCUT2D eigenvalue weighted by Gasteiger charge is -2.02. The summed E-state index contributed by atoms with van der Waals surface area (Å²) in [6, 6.07) is 11.8. The molecular weight excluding hydrogens is 401 g/mol. The number of carbonyl (C=O) groups excluding carboxylic acids is 1. The Hall–Kier alpha value is -2.36. The third-order valence-electron chi connectivity index (χ3n) is 3.28. The molecule has 0 saturated carbocycles. The van der Waals surface area contributed by atoms with Gasteiger partial charge in [0, 0.05) is 16.1 Å². The fourth-order valence-electron chi connectivity index (χ4n) is 2.07. The van der Waals surface area contributed by atoms with Crippen LogP contribution in [0.25, 0.3) is 0 Å². The van der Waals surface area contributed by atoms with Crippen molar-refractivity contribution in [2.75, 3.05) is 5.32 Å². The van der Waals surface area contributed by atoms with Crippen molar-refractivity contribution in [3.8, 4) is 0 Å². The molecular formula is C16H11ClFN3O3S2. The van der Waals surface area contributed by atoms with E-state index in [1.807, 2.05) is 0 Å².